The van der Waals surface area contributed by atoms with E-state index in [0.717, 1.165) is 0 Å². The molecule has 0 aliphatic heterocycles. The van der Waals surface area contributed by atoms with Crippen LogP contribution in [-0.2, 0) is 25.1 Å². The predicted octanol–water partition coefficient (Wildman–Crippen LogP) is 4.61. The minimum atomic E-state index is -3.79. The van der Waals surface area contributed by atoms with Crippen LogP contribution >= 0.6 is 11.6 Å². The largest absolute Gasteiger partial charge is 0.480 e. The number of carbonyl (C=O) groups is 2. The summed E-state index contributed by atoms with van der Waals surface area (Å²) in [5, 5.41) is 15.7. The standard InChI is InChI=1S/C22H21ClN2O7S/c1-13-20(24-22(28)31-14(2)17-5-3-4-6-18(17)23)21(32-25-13)16-9-7-15(8-10-16)11-33(29,30)12-19(26)27/h3-10,14H,11-12H2,1-2H3,(H,24,28)(H,26,27). The maximum Gasteiger partial charge on any atom is 0.412 e. The van der Waals surface area contributed by atoms with Gasteiger partial charge in [-0.2, -0.15) is 0 Å². The molecule has 0 bridgehead atoms. The van der Waals surface area contributed by atoms with Crippen molar-refractivity contribution in [3.8, 4) is 11.3 Å². The van der Waals surface area contributed by atoms with Gasteiger partial charge in [-0.3, -0.25) is 10.1 Å². The normalized spacial score (nSPS) is 12.2. The summed E-state index contributed by atoms with van der Waals surface area (Å²) in [6, 6.07) is 13.3. The summed E-state index contributed by atoms with van der Waals surface area (Å²) in [4.78, 5) is 23.2. The Morgan fingerprint density at radius 1 is 1.18 bits per heavy atom. The van der Waals surface area contributed by atoms with Crippen LogP contribution < -0.4 is 5.32 Å². The number of aryl methyl sites for hydroxylation is 1. The van der Waals surface area contributed by atoms with Crippen LogP contribution in [0.2, 0.25) is 5.02 Å². The van der Waals surface area contributed by atoms with Gasteiger partial charge in [-0.05, 0) is 25.5 Å². The number of rotatable bonds is 8. The molecule has 1 aromatic heterocycles. The van der Waals surface area contributed by atoms with E-state index in [1.54, 1.807) is 50.2 Å². The molecule has 0 spiro atoms. The fourth-order valence-corrected chi connectivity index (χ4v) is 4.59. The van der Waals surface area contributed by atoms with Crippen molar-refractivity contribution in [2.45, 2.75) is 25.7 Å². The van der Waals surface area contributed by atoms with Crippen molar-refractivity contribution in [1.29, 1.82) is 0 Å². The van der Waals surface area contributed by atoms with Crippen LogP contribution in [-0.4, -0.2) is 36.5 Å². The molecule has 1 atom stereocenters. The highest BCUT2D eigenvalue weighted by Crippen LogP contribution is 2.32. The first-order valence-electron chi connectivity index (χ1n) is 9.75. The van der Waals surface area contributed by atoms with Crippen molar-refractivity contribution in [3.05, 3.63) is 70.4 Å². The van der Waals surface area contributed by atoms with Gasteiger partial charge in [-0.1, -0.05) is 59.2 Å². The fourth-order valence-electron chi connectivity index (χ4n) is 3.12. The zero-order chi connectivity index (χ0) is 24.2. The number of carboxylic acid groups (broad SMARTS) is 1. The van der Waals surface area contributed by atoms with E-state index in [1.165, 1.54) is 12.1 Å². The smallest absolute Gasteiger partial charge is 0.412 e. The van der Waals surface area contributed by atoms with Gasteiger partial charge < -0.3 is 14.4 Å². The van der Waals surface area contributed by atoms with Gasteiger partial charge in [0.15, 0.2) is 15.6 Å². The molecular weight excluding hydrogens is 472 g/mol. The minimum Gasteiger partial charge on any atom is -0.480 e. The number of hydrogen-bond acceptors (Lipinski definition) is 7. The quantitative estimate of drug-likeness (QED) is 0.465. The molecule has 11 heteroatoms. The van der Waals surface area contributed by atoms with Crippen molar-refractivity contribution in [1.82, 2.24) is 5.16 Å². The number of carbonyl (C=O) groups excluding carboxylic acids is 1. The molecule has 1 unspecified atom stereocenters. The molecule has 0 aliphatic rings. The maximum atomic E-state index is 12.5. The molecule has 0 aliphatic carbocycles. The molecule has 9 nitrogen and oxygen atoms in total. The van der Waals surface area contributed by atoms with Crippen molar-refractivity contribution >= 4 is 39.2 Å². The van der Waals surface area contributed by atoms with E-state index in [2.05, 4.69) is 10.5 Å². The first-order chi connectivity index (χ1) is 15.6. The second-order valence-corrected chi connectivity index (χ2v) is 9.76. The summed E-state index contributed by atoms with van der Waals surface area (Å²) >= 11 is 6.15. The van der Waals surface area contributed by atoms with Crippen molar-refractivity contribution in [2.24, 2.45) is 0 Å². The van der Waals surface area contributed by atoms with Gasteiger partial charge in [0.05, 0.1) is 5.75 Å². The highest BCUT2D eigenvalue weighted by atomic mass is 35.5. The summed E-state index contributed by atoms with van der Waals surface area (Å²) in [5.74, 6) is -2.50. The average molecular weight is 493 g/mol. The van der Waals surface area contributed by atoms with E-state index in [-0.39, 0.29) is 5.76 Å². The predicted molar refractivity (Wildman–Crippen MR) is 122 cm³/mol. The summed E-state index contributed by atoms with van der Waals surface area (Å²) in [5.41, 5.74) is 2.33. The molecule has 0 fully saturated rings. The third-order valence-electron chi connectivity index (χ3n) is 4.66. The Bertz CT molecular complexity index is 1270. The van der Waals surface area contributed by atoms with E-state index in [0.29, 0.717) is 33.1 Å². The average Bonchev–Trinajstić information content (AvgIpc) is 3.07. The van der Waals surface area contributed by atoms with Gasteiger partial charge in [0.25, 0.3) is 0 Å². The van der Waals surface area contributed by atoms with E-state index in [9.17, 15) is 18.0 Å². The molecule has 174 valence electrons. The Kier molecular flexibility index (Phi) is 7.39. The number of ether oxygens (including phenoxy) is 1. The Morgan fingerprint density at radius 2 is 1.85 bits per heavy atom. The summed E-state index contributed by atoms with van der Waals surface area (Å²) < 4.78 is 34.5. The number of hydrogen-bond donors (Lipinski definition) is 2. The van der Waals surface area contributed by atoms with E-state index < -0.39 is 39.5 Å². The molecule has 0 radical (unpaired) electrons. The molecule has 2 N–H and O–H groups in total. The lowest BCUT2D eigenvalue weighted by Crippen LogP contribution is -2.17. The topological polar surface area (TPSA) is 136 Å². The molecule has 33 heavy (non-hydrogen) atoms. The molecule has 0 saturated carbocycles. The molecule has 1 amide bonds. The van der Waals surface area contributed by atoms with Gasteiger partial charge in [0, 0.05) is 16.1 Å². The number of nitrogens with one attached hydrogen (secondary N) is 1. The lowest BCUT2D eigenvalue weighted by Gasteiger charge is -2.15. The number of halogens is 1. The lowest BCUT2D eigenvalue weighted by molar-refractivity contribution is -0.134. The van der Waals surface area contributed by atoms with Crippen molar-refractivity contribution in [2.75, 3.05) is 11.1 Å². The zero-order valence-electron chi connectivity index (χ0n) is 17.7. The monoisotopic (exact) mass is 492 g/mol. The van der Waals surface area contributed by atoms with Crippen LogP contribution in [0.5, 0.6) is 0 Å². The van der Waals surface area contributed by atoms with Crippen LogP contribution in [0.1, 0.15) is 29.8 Å². The number of carboxylic acids is 1. The van der Waals surface area contributed by atoms with Gasteiger partial charge in [-0.25, -0.2) is 13.2 Å². The molecule has 0 saturated heterocycles. The van der Waals surface area contributed by atoms with Crippen LogP contribution in [0, 0.1) is 6.92 Å². The maximum absolute atomic E-state index is 12.5. The highest BCUT2D eigenvalue weighted by Gasteiger charge is 2.21. The minimum absolute atomic E-state index is 0.259. The Labute approximate surface area is 195 Å². The van der Waals surface area contributed by atoms with Gasteiger partial charge in [0.1, 0.15) is 23.2 Å². The van der Waals surface area contributed by atoms with Crippen LogP contribution in [0.25, 0.3) is 11.3 Å². The van der Waals surface area contributed by atoms with Crippen molar-refractivity contribution < 1.29 is 32.4 Å². The van der Waals surface area contributed by atoms with Crippen LogP contribution in [0.15, 0.2) is 53.1 Å². The number of benzene rings is 2. The molecule has 2 aromatic carbocycles. The molecule has 3 aromatic rings. The molecule has 3 rings (SSSR count). The van der Waals surface area contributed by atoms with Crippen LogP contribution in [0.4, 0.5) is 10.5 Å². The second-order valence-electron chi connectivity index (χ2n) is 7.29. The Balaban J connectivity index is 1.73. The molecular formula is C22H21ClN2O7S. The first-order valence-corrected chi connectivity index (χ1v) is 12.0. The van der Waals surface area contributed by atoms with Crippen molar-refractivity contribution in [3.63, 3.8) is 0 Å². The summed E-state index contributed by atoms with van der Waals surface area (Å²) in [6.07, 6.45) is -1.33. The number of nitrogens with zero attached hydrogens (tertiary/aromatic N) is 1. The Hall–Kier alpha value is -3.37. The van der Waals surface area contributed by atoms with Gasteiger partial charge in [-0.15, -0.1) is 0 Å². The first kappa shape index (κ1) is 24.3. The number of aliphatic carboxylic acids is 1. The summed E-state index contributed by atoms with van der Waals surface area (Å²) in [7, 11) is -3.79. The fraction of sp³-hybridized carbons (Fsp3) is 0.227. The third-order valence-corrected chi connectivity index (χ3v) is 6.47. The summed E-state index contributed by atoms with van der Waals surface area (Å²) in [6.45, 7) is 3.34. The second kappa shape index (κ2) is 10.1. The number of aromatic nitrogens is 1. The van der Waals surface area contributed by atoms with Gasteiger partial charge in [0.2, 0.25) is 0 Å². The Morgan fingerprint density at radius 3 is 2.48 bits per heavy atom. The van der Waals surface area contributed by atoms with E-state index in [4.69, 9.17) is 26.0 Å². The number of amides is 1. The van der Waals surface area contributed by atoms with Crippen LogP contribution in [0.3, 0.4) is 0 Å². The van der Waals surface area contributed by atoms with Gasteiger partial charge >= 0.3 is 12.1 Å². The molecule has 1 heterocycles. The van der Waals surface area contributed by atoms with E-state index >= 15 is 0 Å². The third kappa shape index (κ3) is 6.33. The number of sulfone groups is 1. The highest BCUT2D eigenvalue weighted by molar-refractivity contribution is 7.91. The van der Waals surface area contributed by atoms with E-state index in [1.807, 2.05) is 0 Å². The SMILES string of the molecule is Cc1noc(-c2ccc(CS(=O)(=O)CC(=O)O)cc2)c1NC(=O)OC(C)c1ccccc1Cl. The lowest BCUT2D eigenvalue weighted by atomic mass is 10.1. The zero-order valence-corrected chi connectivity index (χ0v) is 19.3. The number of anilines is 1.